The van der Waals surface area contributed by atoms with Crippen LogP contribution in [0.1, 0.15) is 121 Å². The maximum atomic E-state index is 15.3. The van der Waals surface area contributed by atoms with E-state index in [9.17, 15) is 166 Å². The van der Waals surface area contributed by atoms with Gasteiger partial charge in [0.25, 0.3) is 0 Å². The van der Waals surface area contributed by atoms with Crippen LogP contribution in [0.25, 0.3) is 0 Å². The Labute approximate surface area is 835 Å². The number of carboxylic acid groups (broad SMARTS) is 1. The van der Waals surface area contributed by atoms with E-state index in [1.807, 2.05) is 18.2 Å². The van der Waals surface area contributed by atoms with Gasteiger partial charge in [0.2, 0.25) is 41.1 Å². The van der Waals surface area contributed by atoms with Crippen LogP contribution in [0.3, 0.4) is 0 Å². The molecule has 2 heterocycles. The molecule has 26 N–H and O–H groups in total. The van der Waals surface area contributed by atoms with Crippen molar-refractivity contribution in [3.63, 3.8) is 0 Å². The number of esters is 10. The van der Waals surface area contributed by atoms with Crippen molar-refractivity contribution < 1.29 is 242 Å². The number of carbonyl (C=O) groups excluding carboxylic acids is 10. The van der Waals surface area contributed by atoms with Crippen molar-refractivity contribution in [2.24, 2.45) is 0 Å². The van der Waals surface area contributed by atoms with E-state index in [1.165, 1.54) is 11.1 Å². The Hall–Kier alpha value is -20.1. The Bertz CT molecular complexity index is 7210. The van der Waals surface area contributed by atoms with Crippen LogP contribution in [0.2, 0.25) is 5.02 Å². The lowest BCUT2D eigenvalue weighted by Crippen LogP contribution is -2.63. The molecule has 52 heteroatoms. The first kappa shape index (κ1) is 106. The van der Waals surface area contributed by atoms with Gasteiger partial charge in [0.05, 0.1) is 68.3 Å². The highest BCUT2D eigenvalue weighted by molar-refractivity contribution is 6.30. The van der Waals surface area contributed by atoms with Crippen LogP contribution in [-0.2, 0) is 38.0 Å². The van der Waals surface area contributed by atoms with Gasteiger partial charge in [0.1, 0.15) is 19.3 Å². The smallest absolute Gasteiger partial charge is 0.343 e. The van der Waals surface area contributed by atoms with Crippen LogP contribution in [-0.4, -0.2) is 291 Å². The van der Waals surface area contributed by atoms with Crippen molar-refractivity contribution in [3.05, 3.63) is 248 Å². The van der Waals surface area contributed by atoms with Crippen LogP contribution < -0.4 is 23.7 Å². The second kappa shape index (κ2) is 44.6. The average molecular weight is 2090 g/mol. The summed E-state index contributed by atoms with van der Waals surface area (Å²) in [5, 5.41) is 271. The summed E-state index contributed by atoms with van der Waals surface area (Å²) in [7, 11) is 0. The lowest BCUT2D eigenvalue weighted by atomic mass is 9.96. The number of carbonyl (C=O) groups is 11. The quantitative estimate of drug-likeness (QED) is 0.00694. The number of hydrogen-bond acceptors (Lipinski definition) is 50. The van der Waals surface area contributed by atoms with Crippen LogP contribution in [0, 0.1) is 0 Å². The molecule has 0 spiro atoms. The zero-order valence-electron chi connectivity index (χ0n) is 75.2. The molecule has 0 aromatic heterocycles. The third-order valence-corrected chi connectivity index (χ3v) is 22.0. The zero-order valence-corrected chi connectivity index (χ0v) is 75.9. The van der Waals surface area contributed by atoms with E-state index in [2.05, 4.69) is 46.2 Å². The van der Waals surface area contributed by atoms with Crippen molar-refractivity contribution in [3.8, 4) is 172 Å². The Morgan fingerprint density at radius 2 is 0.550 bits per heavy atom. The van der Waals surface area contributed by atoms with Crippen LogP contribution in [0.4, 0.5) is 0 Å². The van der Waals surface area contributed by atoms with Gasteiger partial charge in [-0.05, 0) is 145 Å². The van der Waals surface area contributed by atoms with Crippen molar-refractivity contribution in [1.82, 2.24) is 9.80 Å². The number of phenolic OH excluding ortho intramolecular Hbond substituents is 25. The van der Waals surface area contributed by atoms with Crippen molar-refractivity contribution in [1.29, 1.82) is 0 Å². The molecule has 0 radical (unpaired) electrons. The number of aromatic hydroxyl groups is 25. The number of aliphatic carboxylic acids is 1. The van der Waals surface area contributed by atoms with E-state index in [4.69, 9.17) is 73.5 Å². The fraction of sp³-hybridized carbons (Fsp3) is 0.144. The molecule has 12 aromatic carbocycles. The van der Waals surface area contributed by atoms with Gasteiger partial charge < -0.3 is 190 Å². The number of halogens is 1. The minimum Gasteiger partial charge on any atom is -0.504 e. The first-order valence-corrected chi connectivity index (χ1v) is 42.8. The summed E-state index contributed by atoms with van der Waals surface area (Å²) < 4.78 is 65.6. The molecule has 2 saturated heterocycles. The van der Waals surface area contributed by atoms with Gasteiger partial charge in [-0.15, -0.1) is 0 Å². The molecule has 0 bridgehead atoms. The summed E-state index contributed by atoms with van der Waals surface area (Å²) in [6.07, 6.45) is -15.1. The van der Waals surface area contributed by atoms with E-state index >= 15 is 14.4 Å². The third-order valence-electron chi connectivity index (χ3n) is 21.8. The Kier molecular flexibility index (Phi) is 31.8. The number of phenols is 25. The van der Waals surface area contributed by atoms with Crippen molar-refractivity contribution >= 4 is 77.3 Å². The predicted octanol–water partition coefficient (Wildman–Crippen LogP) is 7.99. The fourth-order valence-corrected chi connectivity index (χ4v) is 14.5. The van der Waals surface area contributed by atoms with Crippen molar-refractivity contribution in [2.75, 3.05) is 52.5 Å². The normalized spacial score (nSPS) is 15.1. The number of hydrogen-bond donors (Lipinski definition) is 26. The van der Waals surface area contributed by atoms with Crippen LogP contribution in [0.5, 0.6) is 172 Å². The summed E-state index contributed by atoms with van der Waals surface area (Å²) in [4.78, 5) is 158. The average Bonchev–Trinajstić information content (AvgIpc) is 0.760. The minimum atomic E-state index is -3.12. The van der Waals surface area contributed by atoms with Gasteiger partial charge in [-0.3, -0.25) is 9.80 Å². The Morgan fingerprint density at radius 1 is 0.295 bits per heavy atom. The van der Waals surface area contributed by atoms with E-state index in [-0.39, 0.29) is 12.6 Å². The fourth-order valence-electron chi connectivity index (χ4n) is 14.3. The van der Waals surface area contributed by atoms with Gasteiger partial charge in [-0.1, -0.05) is 54.1 Å². The molecule has 2 fully saturated rings. The molecule has 12 aromatic rings. The summed E-state index contributed by atoms with van der Waals surface area (Å²) in [6, 6.07) is 27.4. The van der Waals surface area contributed by atoms with Crippen LogP contribution >= 0.6 is 11.6 Å². The highest BCUT2D eigenvalue weighted by Gasteiger charge is 2.56. The number of nitrogens with zero attached hydrogens (tertiary/aromatic N) is 2. The van der Waals surface area contributed by atoms with E-state index < -0.39 is 331 Å². The molecule has 149 heavy (non-hydrogen) atoms. The van der Waals surface area contributed by atoms with E-state index in [0.29, 0.717) is 128 Å². The number of piperazine rings is 1. The summed E-state index contributed by atoms with van der Waals surface area (Å²) in [6.45, 7) is 3.04. The first-order valence-electron chi connectivity index (χ1n) is 42.4. The Balaban J connectivity index is 0.000000590. The standard InChI is InChI=1S/C76H52O46.C21H25ClN2O3/c77-32-1-22(2-33(78)53(32)92)67(103)113-47-16-27(11-42(87)58(47)97)66(102)112-21-52-63(119-72(108)28-12-43(88)59(98)48(17-28)114-68(104)23-3-34(79)54(93)35(80)4-23)64(120-73(109)29-13-44(89)60(99)49(18-29)115-69(105)24-5-36(81)55(94)37(82)6-24)65(121-74(110)30-14-45(90)61(100)50(19-30)116-70(106)25-7-38(83)56(95)39(84)8-25)76(118-52)122-75(111)31-15-46(91)62(101)51(20-31)117-71(107)26-9-40(85)57(96)41(86)10-26;22-19-8-6-18(7-9-19)21(17-4-2-1-3-5-17)24-12-10-23(11-13-24)14-15-27-16-20(25)26/h1-20,52,63-65,76-101H,21H2;1-9,21H,10-16H2,(H,25,26)/t52-,63-,64+,65-,76+;/m1./s1. The Morgan fingerprint density at radius 3 is 0.846 bits per heavy atom. The second-order valence-electron chi connectivity index (χ2n) is 31.8. The minimum absolute atomic E-state index is 0.203. The van der Waals surface area contributed by atoms with E-state index in [0.717, 1.165) is 37.7 Å². The SMILES string of the molecule is O=C(O)COCCN1CCN(C(c2ccccc2)c2ccc(Cl)cc2)CC1.O=C(OC[C@H]1O[C@@H](OC(=O)c2cc(O)c(O)c(OC(=O)c3cc(O)c(O)c(O)c3)c2)[C@H](OC(=O)c2cc(O)c(O)c(OC(=O)c3cc(O)c(O)c(O)c3)c2)[C@@H](OC(=O)c2cc(O)c(O)c(OC(=O)c3cc(O)c(O)c(O)c3)c2)[C@@H]1OC(=O)c1cc(O)c(O)c(OC(=O)c2cc(O)c(O)c(O)c2)c1)c1cc(O)c(O)c(OC(=O)c2cc(O)c(O)c(O)c2)c1. The van der Waals surface area contributed by atoms with Gasteiger partial charge in [-0.25, -0.2) is 52.7 Å². The molecule has 6 atom stereocenters. The zero-order chi connectivity index (χ0) is 108. The monoisotopic (exact) mass is 2090 g/mol. The number of carboxylic acids is 1. The molecule has 2 aliphatic heterocycles. The maximum Gasteiger partial charge on any atom is 0.343 e. The lowest BCUT2D eigenvalue weighted by Gasteiger charge is -2.43. The number of benzene rings is 12. The molecule has 51 nitrogen and oxygen atoms in total. The molecular weight excluding hydrogens is 2010 g/mol. The molecule has 0 amide bonds. The lowest BCUT2D eigenvalue weighted by molar-refractivity contribution is -0.282. The van der Waals surface area contributed by atoms with Crippen molar-refractivity contribution in [2.45, 2.75) is 36.7 Å². The number of rotatable bonds is 29. The van der Waals surface area contributed by atoms with E-state index in [1.54, 1.807) is 0 Å². The molecule has 1 unspecified atom stereocenters. The largest absolute Gasteiger partial charge is 0.504 e. The summed E-state index contributed by atoms with van der Waals surface area (Å²) >= 11 is 6.08. The van der Waals surface area contributed by atoms with Gasteiger partial charge in [0.15, 0.2) is 156 Å². The maximum absolute atomic E-state index is 15.3. The molecular formula is C97H77ClN2O49. The molecule has 0 saturated carbocycles. The number of ether oxygens (including phenoxy) is 12. The first-order chi connectivity index (χ1) is 70.5. The van der Waals surface area contributed by atoms with Crippen LogP contribution in [0.15, 0.2) is 176 Å². The summed E-state index contributed by atoms with van der Waals surface area (Å²) in [5.41, 5.74) is -7.37. The van der Waals surface area contributed by atoms with Gasteiger partial charge in [0, 0.05) is 37.7 Å². The third kappa shape index (κ3) is 24.5. The van der Waals surface area contributed by atoms with Gasteiger partial charge >= 0.3 is 65.7 Å². The molecule has 2 aliphatic rings. The highest BCUT2D eigenvalue weighted by Crippen LogP contribution is 2.49. The topological polar surface area (TPSA) is 831 Å². The molecule has 14 rings (SSSR count). The molecule has 0 aliphatic carbocycles. The molecule has 776 valence electrons. The second-order valence-corrected chi connectivity index (χ2v) is 32.3. The summed E-state index contributed by atoms with van der Waals surface area (Å²) in [5.74, 6) is -56.9. The predicted molar refractivity (Wildman–Crippen MR) is 489 cm³/mol. The highest BCUT2D eigenvalue weighted by atomic mass is 35.5. The van der Waals surface area contributed by atoms with Gasteiger partial charge in [-0.2, -0.15) is 0 Å².